The van der Waals surface area contributed by atoms with Gasteiger partial charge < -0.3 is 10.0 Å². The topological polar surface area (TPSA) is 102 Å². The minimum absolute atomic E-state index is 0. The standard InChI is InChI=1S/C23H31FN6O3S.Na/c1-28-12-17(24)10-18(28)14-30(19-11-25-29(2)13-19)34(32,33)27-23(31)26-22-20-7-3-5-15(20)9-16-6-4-8-21(16)22;/h9,11,13,17-18H,3-8,10,12,14H2,1-2H3,(H2,26,27,31);/q;+1/p-1/t17-,18+;/m1./s1. The normalized spacial score (nSPS) is 21.3. The van der Waals surface area contributed by atoms with Crippen LogP contribution in [-0.2, 0) is 42.9 Å². The molecule has 1 aromatic carbocycles. The van der Waals surface area contributed by atoms with Crippen molar-refractivity contribution in [2.24, 2.45) is 7.05 Å². The Bertz CT molecular complexity index is 1190. The maximum atomic E-state index is 13.9. The van der Waals surface area contributed by atoms with Crippen LogP contribution in [0, 0.1) is 0 Å². The van der Waals surface area contributed by atoms with Gasteiger partial charge in [-0.15, -0.1) is 0 Å². The maximum absolute atomic E-state index is 13.9. The number of nitrogens with zero attached hydrogens (tertiary/aromatic N) is 5. The summed E-state index contributed by atoms with van der Waals surface area (Å²) in [6.45, 7) is 0.227. The largest absolute Gasteiger partial charge is 1.00 e. The number of hydrogen-bond acceptors (Lipinski definition) is 5. The number of amides is 2. The average molecular weight is 513 g/mol. The van der Waals surface area contributed by atoms with Crippen LogP contribution in [0.4, 0.5) is 20.6 Å². The van der Waals surface area contributed by atoms with E-state index in [1.807, 2.05) is 0 Å². The van der Waals surface area contributed by atoms with E-state index in [9.17, 15) is 17.6 Å². The number of halogens is 1. The summed E-state index contributed by atoms with van der Waals surface area (Å²) >= 11 is 0. The number of carbonyl (C=O) groups excluding carboxylic acids is 1. The van der Waals surface area contributed by atoms with Crippen molar-refractivity contribution in [3.05, 3.63) is 45.4 Å². The molecule has 0 unspecified atom stereocenters. The Balaban J connectivity index is 0.00000289. The molecule has 0 saturated carbocycles. The molecular weight excluding hydrogens is 482 g/mol. The fraction of sp³-hybridized carbons (Fsp3) is 0.565. The van der Waals surface area contributed by atoms with Gasteiger partial charge in [-0.05, 0) is 79.9 Å². The zero-order valence-electron chi connectivity index (χ0n) is 20.5. The van der Waals surface area contributed by atoms with E-state index < -0.39 is 22.4 Å². The number of likely N-dealkylation sites (tertiary alicyclic amines) is 1. The van der Waals surface area contributed by atoms with E-state index in [1.165, 1.54) is 22.0 Å². The molecule has 2 aromatic rings. The molecule has 2 aliphatic carbocycles. The van der Waals surface area contributed by atoms with Crippen molar-refractivity contribution in [1.82, 2.24) is 14.7 Å². The van der Waals surface area contributed by atoms with E-state index in [0.29, 0.717) is 0 Å². The van der Waals surface area contributed by atoms with Crippen LogP contribution in [0.15, 0.2) is 18.5 Å². The van der Waals surface area contributed by atoms with Crippen molar-refractivity contribution in [2.75, 3.05) is 29.8 Å². The Morgan fingerprint density at radius 2 is 1.86 bits per heavy atom. The van der Waals surface area contributed by atoms with Gasteiger partial charge in [0.25, 0.3) is 10.2 Å². The molecule has 184 valence electrons. The van der Waals surface area contributed by atoms with Crippen LogP contribution in [0.3, 0.4) is 0 Å². The number of fused-ring (bicyclic) bond motifs is 2. The molecule has 2 atom stereocenters. The van der Waals surface area contributed by atoms with Gasteiger partial charge in [-0.1, -0.05) is 6.07 Å². The number of nitrogens with one attached hydrogen (secondary N) is 1. The van der Waals surface area contributed by atoms with Crippen LogP contribution in [0.2, 0.25) is 0 Å². The fourth-order valence-electron chi connectivity index (χ4n) is 5.54. The summed E-state index contributed by atoms with van der Waals surface area (Å²) in [6.07, 6.45) is 7.88. The van der Waals surface area contributed by atoms with Gasteiger partial charge in [0.15, 0.2) is 6.03 Å². The van der Waals surface area contributed by atoms with Crippen LogP contribution in [0.1, 0.15) is 41.5 Å². The van der Waals surface area contributed by atoms with E-state index in [4.69, 9.17) is 0 Å². The van der Waals surface area contributed by atoms with Gasteiger partial charge in [-0.25, -0.2) is 12.8 Å². The van der Waals surface area contributed by atoms with Gasteiger partial charge in [-0.2, -0.15) is 5.10 Å². The van der Waals surface area contributed by atoms with E-state index in [-0.39, 0.29) is 60.8 Å². The maximum Gasteiger partial charge on any atom is 1.00 e. The summed E-state index contributed by atoms with van der Waals surface area (Å²) in [7, 11) is -0.957. The predicted molar refractivity (Wildman–Crippen MR) is 128 cm³/mol. The average Bonchev–Trinajstić information content (AvgIpc) is 3.53. The van der Waals surface area contributed by atoms with E-state index in [2.05, 4.69) is 21.2 Å². The summed E-state index contributed by atoms with van der Waals surface area (Å²) in [4.78, 5) is 14.7. The van der Waals surface area contributed by atoms with Crippen molar-refractivity contribution >= 4 is 27.6 Å². The Morgan fingerprint density at radius 3 is 2.40 bits per heavy atom. The van der Waals surface area contributed by atoms with Crippen LogP contribution in [0.25, 0.3) is 4.72 Å². The summed E-state index contributed by atoms with van der Waals surface area (Å²) in [5.74, 6) is 0. The first-order chi connectivity index (χ1) is 16.2. The molecule has 1 aliphatic heterocycles. The summed E-state index contributed by atoms with van der Waals surface area (Å²) in [5.41, 5.74) is 5.72. The monoisotopic (exact) mass is 512 g/mol. The quantitative estimate of drug-likeness (QED) is 0.554. The molecule has 0 bridgehead atoms. The number of anilines is 2. The van der Waals surface area contributed by atoms with E-state index >= 15 is 0 Å². The zero-order valence-corrected chi connectivity index (χ0v) is 23.3. The number of hydrogen-bond donors (Lipinski definition) is 1. The van der Waals surface area contributed by atoms with Crippen LogP contribution in [-0.4, -0.2) is 61.5 Å². The van der Waals surface area contributed by atoms with Crippen molar-refractivity contribution in [3.63, 3.8) is 0 Å². The first-order valence-electron chi connectivity index (χ1n) is 11.8. The third kappa shape index (κ3) is 5.39. The smallest absolute Gasteiger partial charge is 0.423 e. The number of urea groups is 1. The first-order valence-corrected chi connectivity index (χ1v) is 13.2. The molecule has 1 N–H and O–H groups in total. The third-order valence-corrected chi connectivity index (χ3v) is 8.49. The molecule has 1 saturated heterocycles. The molecule has 0 spiro atoms. The van der Waals surface area contributed by atoms with Gasteiger partial charge in [0.05, 0.1) is 11.9 Å². The van der Waals surface area contributed by atoms with Crippen LogP contribution >= 0.6 is 0 Å². The number of rotatable bonds is 6. The van der Waals surface area contributed by atoms with Gasteiger partial charge in [0, 0.05) is 32.4 Å². The zero-order chi connectivity index (χ0) is 24.0. The Labute approximate surface area is 227 Å². The van der Waals surface area contributed by atoms with E-state index in [1.54, 1.807) is 25.2 Å². The molecule has 2 amide bonds. The number of aromatic nitrogens is 2. The number of aryl methyl sites for hydroxylation is 3. The van der Waals surface area contributed by atoms with Crippen LogP contribution in [0.5, 0.6) is 0 Å². The van der Waals surface area contributed by atoms with Gasteiger partial charge in [0.2, 0.25) is 0 Å². The molecule has 1 fully saturated rings. The number of likely N-dealkylation sites (N-methyl/N-ethyl adjacent to an activating group) is 1. The Kier molecular flexibility index (Phi) is 7.82. The van der Waals surface area contributed by atoms with Crippen molar-refractivity contribution in [1.29, 1.82) is 0 Å². The van der Waals surface area contributed by atoms with Crippen molar-refractivity contribution < 1.29 is 47.2 Å². The summed E-state index contributed by atoms with van der Waals surface area (Å²) in [6, 6.07) is 1.00. The minimum Gasteiger partial charge on any atom is -0.423 e. The molecule has 1 aromatic heterocycles. The molecule has 3 aliphatic rings. The summed E-state index contributed by atoms with van der Waals surface area (Å²) < 4.78 is 46.8. The first kappa shape index (κ1) is 26.4. The van der Waals surface area contributed by atoms with Gasteiger partial charge in [-0.3, -0.25) is 18.7 Å². The second-order valence-corrected chi connectivity index (χ2v) is 11.1. The molecule has 9 nitrogen and oxygen atoms in total. The molecule has 5 rings (SSSR count). The second kappa shape index (κ2) is 10.4. The Morgan fingerprint density at radius 1 is 1.20 bits per heavy atom. The summed E-state index contributed by atoms with van der Waals surface area (Å²) in [5, 5.41) is 6.88. The molecule has 35 heavy (non-hydrogen) atoms. The number of alkyl halides is 1. The van der Waals surface area contributed by atoms with Crippen molar-refractivity contribution in [3.8, 4) is 0 Å². The second-order valence-electron chi connectivity index (χ2n) is 9.56. The van der Waals surface area contributed by atoms with Crippen molar-refractivity contribution in [2.45, 2.75) is 57.2 Å². The molecule has 0 radical (unpaired) electrons. The fourth-order valence-corrected chi connectivity index (χ4v) is 6.61. The molecule has 2 heterocycles. The van der Waals surface area contributed by atoms with Gasteiger partial charge in [0.1, 0.15) is 6.17 Å². The number of benzene rings is 1. The number of carbonyl (C=O) groups is 1. The van der Waals surface area contributed by atoms with E-state index in [0.717, 1.165) is 59.6 Å². The molecule has 12 heteroatoms. The van der Waals surface area contributed by atoms with Crippen LogP contribution < -0.4 is 39.2 Å². The molecular formula is C23H30FN6NaO3S. The SMILES string of the molecule is CN1C[C@H](F)C[C@H]1CN(c1cnn(C)c1)S(=O)(=O)[N-]C(=O)Nc1c2c(cc3c1CCC3)CCC2.[Na+]. The van der Waals surface area contributed by atoms with Gasteiger partial charge >= 0.3 is 29.6 Å². The Hall–Kier alpha value is -1.66. The minimum atomic E-state index is -4.39. The third-order valence-electron chi connectivity index (χ3n) is 7.17. The predicted octanol–water partition coefficient (Wildman–Crippen LogP) is 0.101.